The van der Waals surface area contributed by atoms with Gasteiger partial charge in [-0.2, -0.15) is 36.4 Å². The first kappa shape index (κ1) is 11.0. The van der Waals surface area contributed by atoms with E-state index in [1.807, 2.05) is 30.3 Å². The maximum atomic E-state index is 2.89. The molecule has 0 amide bonds. The van der Waals surface area contributed by atoms with Gasteiger partial charge in [-0.05, 0) is 0 Å². The Morgan fingerprint density at radius 3 is 1.50 bits per heavy atom. The Morgan fingerprint density at radius 2 is 1.38 bits per heavy atom. The first-order valence-electron chi connectivity index (χ1n) is 1.91. The molecule has 0 bridgehead atoms. The quantitative estimate of drug-likeness (QED) is 0.539. The van der Waals surface area contributed by atoms with E-state index in [-0.39, 0.29) is 33.6 Å². The van der Waals surface area contributed by atoms with E-state index in [1.165, 1.54) is 0 Å². The zero-order valence-electron chi connectivity index (χ0n) is 4.89. The van der Waals surface area contributed by atoms with Crippen LogP contribution >= 0.6 is 0 Å². The third-order valence-corrected chi connectivity index (χ3v) is 0.607. The molecule has 1 heteroatoms. The van der Waals surface area contributed by atoms with Crippen molar-refractivity contribution in [3.8, 4) is 0 Å². The second-order valence-corrected chi connectivity index (χ2v) is 1.08. The number of hydrogen-bond donors (Lipinski definition) is 0. The summed E-state index contributed by atoms with van der Waals surface area (Å²) in [4.78, 5) is 0. The van der Waals surface area contributed by atoms with Crippen molar-refractivity contribution in [3.05, 3.63) is 43.8 Å². The first-order valence-corrected chi connectivity index (χ1v) is 1.91. The Morgan fingerprint density at radius 1 is 0.875 bits per heavy atom. The molecule has 1 rings (SSSR count). The van der Waals surface area contributed by atoms with Crippen LogP contribution in [0.3, 0.4) is 0 Å². The molecule has 1 aromatic carbocycles. The molecule has 0 saturated heterocycles. The molecule has 0 N–H and O–H groups in total. The van der Waals surface area contributed by atoms with Gasteiger partial charge in [0, 0.05) is 0 Å². The number of benzene rings is 1. The average Bonchev–Trinajstić information content (AvgIpc) is 1.72. The van der Waals surface area contributed by atoms with Gasteiger partial charge >= 0.3 is 26.2 Å². The molecule has 0 heterocycles. The second kappa shape index (κ2) is 7.10. The molecular weight excluding hydrogens is 175 g/mol. The predicted molar refractivity (Wildman–Crippen MR) is 31.7 cm³/mol. The summed E-state index contributed by atoms with van der Waals surface area (Å²) in [7, 11) is 0. The molecule has 0 nitrogen and oxygen atoms in total. The molecule has 8 heavy (non-hydrogen) atoms. The molecule has 1 aromatic rings. The van der Waals surface area contributed by atoms with Gasteiger partial charge in [-0.25, -0.2) is 0 Å². The monoisotopic (exact) mass is 182 g/mol. The average molecular weight is 183 g/mol. The summed E-state index contributed by atoms with van der Waals surface area (Å²) in [5.74, 6) is 0. The van der Waals surface area contributed by atoms with E-state index in [9.17, 15) is 0 Å². The molecule has 0 aromatic heterocycles. The van der Waals surface area contributed by atoms with E-state index in [0.717, 1.165) is 0 Å². The van der Waals surface area contributed by atoms with Crippen molar-refractivity contribution >= 4 is 0 Å². The minimum atomic E-state index is 0. The fourth-order valence-corrected chi connectivity index (χ4v) is 0.342. The number of hydrogen-bond acceptors (Lipinski definition) is 0. The van der Waals surface area contributed by atoms with E-state index in [0.29, 0.717) is 0 Å². The molecule has 0 atom stereocenters. The van der Waals surface area contributed by atoms with Gasteiger partial charge in [-0.15, -0.1) is 0 Å². The van der Waals surface area contributed by atoms with Crippen LogP contribution < -0.4 is 0 Å². The SMILES string of the molecule is [CH3-].[Zr+2].[c-]1ccccc1. The number of rotatable bonds is 0. The van der Waals surface area contributed by atoms with Gasteiger partial charge in [0.15, 0.2) is 0 Å². The molecule has 40 valence electrons. The van der Waals surface area contributed by atoms with Crippen molar-refractivity contribution in [1.82, 2.24) is 0 Å². The Balaban J connectivity index is 0. The third-order valence-electron chi connectivity index (χ3n) is 0.607. The minimum Gasteiger partial charge on any atom is -0.358 e. The molecule has 0 aliphatic heterocycles. The Labute approximate surface area is 70.1 Å². The van der Waals surface area contributed by atoms with Gasteiger partial charge in [0.1, 0.15) is 0 Å². The smallest absolute Gasteiger partial charge is 0.358 e. The summed E-state index contributed by atoms with van der Waals surface area (Å²) in [5, 5.41) is 0. The summed E-state index contributed by atoms with van der Waals surface area (Å²) < 4.78 is 0. The first-order chi connectivity index (χ1) is 3.00. The molecule has 0 unspecified atom stereocenters. The van der Waals surface area contributed by atoms with E-state index >= 15 is 0 Å². The zero-order valence-corrected chi connectivity index (χ0v) is 7.34. The van der Waals surface area contributed by atoms with Crippen LogP contribution in [0.15, 0.2) is 30.3 Å². The molecule has 0 saturated carbocycles. The minimum absolute atomic E-state index is 0. The second-order valence-electron chi connectivity index (χ2n) is 1.08. The Bertz CT molecular complexity index is 76.3. The molecule has 0 aliphatic carbocycles. The molecule has 0 fully saturated rings. The van der Waals surface area contributed by atoms with Crippen LogP contribution in [-0.2, 0) is 26.2 Å². The fraction of sp³-hybridized carbons (Fsp3) is 0. The van der Waals surface area contributed by atoms with Crippen molar-refractivity contribution < 1.29 is 26.2 Å². The van der Waals surface area contributed by atoms with E-state index in [1.54, 1.807) is 0 Å². The Hall–Kier alpha value is 0.103. The fourth-order valence-electron chi connectivity index (χ4n) is 0.342. The summed E-state index contributed by atoms with van der Waals surface area (Å²) in [6.07, 6.45) is 0. The Kier molecular flexibility index (Phi) is 9.75. The van der Waals surface area contributed by atoms with Crippen LogP contribution in [0.2, 0.25) is 0 Å². The summed E-state index contributed by atoms with van der Waals surface area (Å²) in [6, 6.07) is 12.5. The largest absolute Gasteiger partial charge is 2.00 e. The topological polar surface area (TPSA) is 0 Å². The molecule has 0 aliphatic rings. The molecule has 0 spiro atoms. The summed E-state index contributed by atoms with van der Waals surface area (Å²) in [6.45, 7) is 0. The maximum absolute atomic E-state index is 2.89. The van der Waals surface area contributed by atoms with Crippen LogP contribution in [0.1, 0.15) is 0 Å². The van der Waals surface area contributed by atoms with Gasteiger partial charge in [0.2, 0.25) is 0 Å². The summed E-state index contributed by atoms with van der Waals surface area (Å²) >= 11 is 0. The standard InChI is InChI=1S/C6H5.CH3.Zr/c1-2-4-6-5-3-1;;/h1-5H;1H3;/q2*-1;+2. The van der Waals surface area contributed by atoms with Crippen molar-refractivity contribution in [2.45, 2.75) is 0 Å². The van der Waals surface area contributed by atoms with Crippen LogP contribution in [-0.4, -0.2) is 0 Å². The predicted octanol–water partition coefficient (Wildman–Crippen LogP) is 1.93. The van der Waals surface area contributed by atoms with E-state index in [4.69, 9.17) is 0 Å². The van der Waals surface area contributed by atoms with Crippen LogP contribution in [0.25, 0.3) is 0 Å². The van der Waals surface area contributed by atoms with Crippen molar-refractivity contribution in [3.63, 3.8) is 0 Å². The third kappa shape index (κ3) is 4.27. The van der Waals surface area contributed by atoms with E-state index < -0.39 is 0 Å². The van der Waals surface area contributed by atoms with Crippen molar-refractivity contribution in [1.29, 1.82) is 0 Å². The van der Waals surface area contributed by atoms with Crippen molar-refractivity contribution in [2.75, 3.05) is 0 Å². The van der Waals surface area contributed by atoms with Gasteiger partial charge in [-0.3, -0.25) is 0 Å². The van der Waals surface area contributed by atoms with Crippen LogP contribution in [0, 0.1) is 13.5 Å². The van der Waals surface area contributed by atoms with Gasteiger partial charge < -0.3 is 7.43 Å². The van der Waals surface area contributed by atoms with Gasteiger partial charge in [-0.1, -0.05) is 0 Å². The molecule has 0 radical (unpaired) electrons. The van der Waals surface area contributed by atoms with Gasteiger partial charge in [0.25, 0.3) is 0 Å². The van der Waals surface area contributed by atoms with E-state index in [2.05, 4.69) is 6.07 Å². The van der Waals surface area contributed by atoms with Crippen molar-refractivity contribution in [2.24, 2.45) is 0 Å². The molecular formula is C7H8Zr. The van der Waals surface area contributed by atoms with Crippen LogP contribution in [0.4, 0.5) is 0 Å². The van der Waals surface area contributed by atoms with Crippen LogP contribution in [0.5, 0.6) is 0 Å². The summed E-state index contributed by atoms with van der Waals surface area (Å²) in [5.41, 5.74) is 0. The maximum Gasteiger partial charge on any atom is 2.00 e. The van der Waals surface area contributed by atoms with Gasteiger partial charge in [0.05, 0.1) is 0 Å². The zero-order chi connectivity index (χ0) is 4.24. The normalized spacial score (nSPS) is 6.00.